The van der Waals surface area contributed by atoms with Gasteiger partial charge in [-0.15, -0.1) is 0 Å². The van der Waals surface area contributed by atoms with Crippen molar-refractivity contribution in [3.05, 3.63) is 100 Å². The zero-order valence-corrected chi connectivity index (χ0v) is 22.6. The summed E-state index contributed by atoms with van der Waals surface area (Å²) in [6.45, 7) is 6.57. The van der Waals surface area contributed by atoms with E-state index in [4.69, 9.17) is 16.6 Å². The van der Waals surface area contributed by atoms with Crippen molar-refractivity contribution in [1.82, 2.24) is 14.5 Å². The summed E-state index contributed by atoms with van der Waals surface area (Å²) in [5.74, 6) is 0.443. The minimum atomic E-state index is -0.286. The number of carbonyl (C=O) groups is 2. The molecule has 1 saturated carbocycles. The van der Waals surface area contributed by atoms with E-state index in [9.17, 15) is 9.59 Å². The third kappa shape index (κ3) is 5.81. The lowest BCUT2D eigenvalue weighted by Crippen LogP contribution is -2.40. The number of nitrogens with one attached hydrogen (secondary N) is 1. The molecule has 7 heteroatoms. The molecule has 1 heterocycles. The summed E-state index contributed by atoms with van der Waals surface area (Å²) >= 11 is 6.09. The first-order chi connectivity index (χ1) is 18.3. The summed E-state index contributed by atoms with van der Waals surface area (Å²) in [7, 11) is 0. The molecule has 194 valence electrons. The fourth-order valence-corrected chi connectivity index (χ4v) is 4.58. The average Bonchev–Trinajstić information content (AvgIpc) is 3.63. The number of aryl methyl sites for hydroxylation is 3. The molecule has 1 aromatic heterocycles. The van der Waals surface area contributed by atoms with Crippen molar-refractivity contribution >= 4 is 29.4 Å². The van der Waals surface area contributed by atoms with Crippen LogP contribution in [0, 0.1) is 26.7 Å². The molecule has 0 atom stereocenters. The van der Waals surface area contributed by atoms with E-state index < -0.39 is 0 Å². The van der Waals surface area contributed by atoms with Crippen molar-refractivity contribution in [2.45, 2.75) is 33.6 Å². The van der Waals surface area contributed by atoms with E-state index in [1.54, 1.807) is 4.90 Å². The van der Waals surface area contributed by atoms with Gasteiger partial charge in [0.05, 0.1) is 5.69 Å². The van der Waals surface area contributed by atoms with Crippen molar-refractivity contribution in [3.8, 4) is 16.9 Å². The highest BCUT2D eigenvalue weighted by atomic mass is 35.5. The lowest BCUT2D eigenvalue weighted by molar-refractivity contribution is -0.117. The second-order valence-electron chi connectivity index (χ2n) is 10.1. The van der Waals surface area contributed by atoms with E-state index in [-0.39, 0.29) is 18.4 Å². The molecule has 1 aliphatic rings. The Hall–Kier alpha value is -3.90. The van der Waals surface area contributed by atoms with Crippen LogP contribution in [0.2, 0.25) is 5.02 Å². The first-order valence-corrected chi connectivity index (χ1v) is 13.2. The standard InChI is InChI=1S/C31H31ClN4O2/c1-20-8-15-26(16-22(20)3)36-18-28(24-11-13-25(32)14-12-24)33-31(36)34-29(37)19-35(17-23-9-10-23)30(38)27-7-5-4-6-21(27)2/h4-8,11-16,18,23H,9-10,17,19H2,1-3H3,(H,33,34,37). The molecule has 6 nitrogen and oxygen atoms in total. The molecule has 0 unspecified atom stereocenters. The van der Waals surface area contributed by atoms with Gasteiger partial charge in [0.2, 0.25) is 11.9 Å². The van der Waals surface area contributed by atoms with Crippen LogP contribution in [0.15, 0.2) is 72.9 Å². The first kappa shape index (κ1) is 25.7. The third-order valence-corrected chi connectivity index (χ3v) is 7.29. The normalized spacial score (nSPS) is 12.8. The molecule has 0 spiro atoms. The number of amides is 2. The quantitative estimate of drug-likeness (QED) is 0.281. The molecule has 0 saturated heterocycles. The minimum Gasteiger partial charge on any atom is -0.329 e. The monoisotopic (exact) mass is 526 g/mol. The van der Waals surface area contributed by atoms with Gasteiger partial charge in [-0.05, 0) is 86.6 Å². The summed E-state index contributed by atoms with van der Waals surface area (Å²) in [4.78, 5) is 33.2. The molecule has 4 aromatic rings. The van der Waals surface area contributed by atoms with Crippen LogP contribution in [0.25, 0.3) is 16.9 Å². The highest BCUT2D eigenvalue weighted by molar-refractivity contribution is 6.30. The van der Waals surface area contributed by atoms with E-state index >= 15 is 0 Å². The Morgan fingerprint density at radius 1 is 0.974 bits per heavy atom. The zero-order valence-electron chi connectivity index (χ0n) is 21.9. The molecule has 1 aliphatic carbocycles. The lowest BCUT2D eigenvalue weighted by atomic mass is 10.1. The molecule has 2 amide bonds. The number of rotatable bonds is 8. The SMILES string of the molecule is Cc1ccc(-n2cc(-c3ccc(Cl)cc3)nc2NC(=O)CN(CC2CC2)C(=O)c2ccccc2C)cc1C. The molecular formula is C31H31ClN4O2. The number of hydrogen-bond acceptors (Lipinski definition) is 3. The second-order valence-corrected chi connectivity index (χ2v) is 10.5. The van der Waals surface area contributed by atoms with Gasteiger partial charge in [0, 0.05) is 34.6 Å². The van der Waals surface area contributed by atoms with Crippen LogP contribution in [0.4, 0.5) is 5.95 Å². The van der Waals surface area contributed by atoms with Gasteiger partial charge in [0.25, 0.3) is 5.91 Å². The number of nitrogens with zero attached hydrogens (tertiary/aromatic N) is 3. The second kappa shape index (κ2) is 10.8. The Balaban J connectivity index is 1.43. The van der Waals surface area contributed by atoms with Crippen LogP contribution < -0.4 is 5.32 Å². The number of benzene rings is 3. The number of anilines is 1. The smallest absolute Gasteiger partial charge is 0.254 e. The topological polar surface area (TPSA) is 67.2 Å². The van der Waals surface area contributed by atoms with Crippen LogP contribution in [-0.2, 0) is 4.79 Å². The van der Waals surface area contributed by atoms with Crippen molar-refractivity contribution in [2.75, 3.05) is 18.4 Å². The molecule has 38 heavy (non-hydrogen) atoms. The van der Waals surface area contributed by atoms with E-state index in [1.807, 2.05) is 72.3 Å². The summed E-state index contributed by atoms with van der Waals surface area (Å²) in [6.07, 6.45) is 4.07. The number of halogens is 1. The molecule has 5 rings (SSSR count). The Morgan fingerprint density at radius 2 is 1.71 bits per heavy atom. The van der Waals surface area contributed by atoms with Gasteiger partial charge in [-0.3, -0.25) is 19.5 Å². The van der Waals surface area contributed by atoms with Crippen molar-refractivity contribution in [3.63, 3.8) is 0 Å². The summed E-state index contributed by atoms with van der Waals surface area (Å²) < 4.78 is 1.88. The third-order valence-electron chi connectivity index (χ3n) is 7.04. The summed E-state index contributed by atoms with van der Waals surface area (Å²) in [5, 5.41) is 3.63. The number of imidazole rings is 1. The number of aromatic nitrogens is 2. The highest BCUT2D eigenvalue weighted by Crippen LogP contribution is 2.31. The number of carbonyl (C=O) groups excluding carboxylic acids is 2. The zero-order chi connectivity index (χ0) is 26.8. The predicted octanol–water partition coefficient (Wildman–Crippen LogP) is 6.61. The average molecular weight is 527 g/mol. The van der Waals surface area contributed by atoms with Gasteiger partial charge in [-0.1, -0.05) is 48.0 Å². The van der Waals surface area contributed by atoms with Crippen molar-refractivity contribution < 1.29 is 9.59 Å². The summed E-state index contributed by atoms with van der Waals surface area (Å²) in [6, 6.07) is 21.1. The minimum absolute atomic E-state index is 0.0419. The lowest BCUT2D eigenvalue weighted by Gasteiger charge is -2.23. The fourth-order valence-electron chi connectivity index (χ4n) is 4.45. The largest absolute Gasteiger partial charge is 0.329 e. The first-order valence-electron chi connectivity index (χ1n) is 12.9. The van der Waals surface area contributed by atoms with Crippen LogP contribution >= 0.6 is 11.6 Å². The maximum Gasteiger partial charge on any atom is 0.254 e. The van der Waals surface area contributed by atoms with Crippen LogP contribution in [0.1, 0.15) is 39.9 Å². The van der Waals surface area contributed by atoms with Crippen molar-refractivity contribution in [2.24, 2.45) is 5.92 Å². The van der Waals surface area contributed by atoms with Gasteiger partial charge >= 0.3 is 0 Å². The predicted molar refractivity (Wildman–Crippen MR) is 152 cm³/mol. The van der Waals surface area contributed by atoms with Crippen LogP contribution in [-0.4, -0.2) is 39.4 Å². The van der Waals surface area contributed by atoms with Gasteiger partial charge in [0.15, 0.2) is 0 Å². The molecule has 0 bridgehead atoms. The number of hydrogen-bond donors (Lipinski definition) is 1. The molecule has 3 aromatic carbocycles. The highest BCUT2D eigenvalue weighted by Gasteiger charge is 2.29. The maximum atomic E-state index is 13.4. The maximum absolute atomic E-state index is 13.4. The van der Waals surface area contributed by atoms with Gasteiger partial charge in [0.1, 0.15) is 6.54 Å². The molecule has 1 fully saturated rings. The van der Waals surface area contributed by atoms with Gasteiger partial charge < -0.3 is 4.90 Å². The Labute approximate surface area is 228 Å². The molecular weight excluding hydrogens is 496 g/mol. The van der Waals surface area contributed by atoms with Crippen LogP contribution in [0.3, 0.4) is 0 Å². The van der Waals surface area contributed by atoms with Gasteiger partial charge in [-0.2, -0.15) is 0 Å². The Morgan fingerprint density at radius 3 is 2.39 bits per heavy atom. The molecule has 0 aliphatic heterocycles. The van der Waals surface area contributed by atoms with E-state index in [1.165, 1.54) is 5.56 Å². The van der Waals surface area contributed by atoms with Gasteiger partial charge in [-0.25, -0.2) is 4.98 Å². The van der Waals surface area contributed by atoms with Crippen molar-refractivity contribution in [1.29, 1.82) is 0 Å². The molecule has 1 N–H and O–H groups in total. The Bertz CT molecular complexity index is 1490. The van der Waals surface area contributed by atoms with E-state index in [0.717, 1.165) is 35.2 Å². The molecule has 0 radical (unpaired) electrons. The van der Waals surface area contributed by atoms with E-state index in [0.29, 0.717) is 34.7 Å². The fraction of sp³-hybridized carbons (Fsp3) is 0.258. The van der Waals surface area contributed by atoms with Crippen LogP contribution in [0.5, 0.6) is 0 Å². The summed E-state index contributed by atoms with van der Waals surface area (Å²) in [5.41, 5.74) is 6.34. The Kier molecular flexibility index (Phi) is 7.34. The van der Waals surface area contributed by atoms with E-state index in [2.05, 4.69) is 31.3 Å².